The molecule has 0 saturated carbocycles. The van der Waals surface area contributed by atoms with Crippen LogP contribution < -0.4 is 9.46 Å². The Morgan fingerprint density at radius 2 is 2.04 bits per heavy atom. The third kappa shape index (κ3) is 3.79. The van der Waals surface area contributed by atoms with Crippen LogP contribution in [-0.2, 0) is 19.7 Å². The molecule has 3 rings (SSSR count). The molecule has 0 spiro atoms. The number of methoxy groups -OCH3 is 1. The molecule has 138 valence electrons. The van der Waals surface area contributed by atoms with Gasteiger partial charge < -0.3 is 14.4 Å². The first-order valence-electron chi connectivity index (χ1n) is 8.18. The van der Waals surface area contributed by atoms with Crippen LogP contribution in [0.1, 0.15) is 18.0 Å². The molecule has 1 N–H and O–H groups in total. The molecule has 2 atom stereocenters. The minimum Gasteiger partial charge on any atom is -0.497 e. The van der Waals surface area contributed by atoms with Gasteiger partial charge in [0.05, 0.1) is 26.4 Å². The molecule has 9 heteroatoms. The van der Waals surface area contributed by atoms with Crippen molar-refractivity contribution in [2.45, 2.75) is 18.5 Å². The van der Waals surface area contributed by atoms with Crippen LogP contribution in [0, 0.1) is 0 Å². The van der Waals surface area contributed by atoms with Crippen molar-refractivity contribution in [2.24, 2.45) is 0 Å². The third-order valence-electron chi connectivity index (χ3n) is 4.67. The van der Waals surface area contributed by atoms with E-state index in [9.17, 15) is 13.2 Å². The normalized spacial score (nSPS) is 27.0. The maximum atomic E-state index is 12.9. The first-order chi connectivity index (χ1) is 11.9. The number of rotatable bonds is 3. The summed E-state index contributed by atoms with van der Waals surface area (Å²) >= 11 is 0. The molecule has 2 aliphatic heterocycles. The van der Waals surface area contributed by atoms with E-state index in [1.165, 1.54) is 7.05 Å². The molecule has 2 heterocycles. The highest BCUT2D eigenvalue weighted by Crippen LogP contribution is 2.30. The zero-order chi connectivity index (χ0) is 18.0. The van der Waals surface area contributed by atoms with Gasteiger partial charge in [0.15, 0.2) is 0 Å². The van der Waals surface area contributed by atoms with Gasteiger partial charge in [-0.3, -0.25) is 4.79 Å². The molecule has 2 fully saturated rings. The zero-order valence-corrected chi connectivity index (χ0v) is 15.2. The predicted molar refractivity (Wildman–Crippen MR) is 91.4 cm³/mol. The Kier molecular flexibility index (Phi) is 5.28. The maximum absolute atomic E-state index is 12.9. The van der Waals surface area contributed by atoms with Crippen LogP contribution in [0.2, 0.25) is 0 Å². The van der Waals surface area contributed by atoms with Crippen LogP contribution in [-0.4, -0.2) is 70.0 Å². The average Bonchev–Trinajstić information content (AvgIpc) is 2.64. The van der Waals surface area contributed by atoms with Gasteiger partial charge in [-0.25, -0.2) is 0 Å². The molecule has 1 amide bonds. The van der Waals surface area contributed by atoms with E-state index >= 15 is 0 Å². The molecule has 2 saturated heterocycles. The summed E-state index contributed by atoms with van der Waals surface area (Å²) in [6.07, 6.45) is 0.360. The van der Waals surface area contributed by atoms with Crippen molar-refractivity contribution in [3.8, 4) is 5.75 Å². The number of carbonyl (C=O) groups is 1. The quantitative estimate of drug-likeness (QED) is 0.818. The standard InChI is InChI=1S/C16H23N3O5S/c1-18-15(16(20)19-6-8-24-9-7-19)11-14(17-25(18,21)22)12-4-3-5-13(10-12)23-2/h3-5,10,14-15,17H,6-9,11H2,1-2H3/t14-,15+/m1/s1. The van der Waals surface area contributed by atoms with Crippen LogP contribution in [0.3, 0.4) is 0 Å². The molecule has 0 aliphatic carbocycles. The van der Waals surface area contributed by atoms with Crippen molar-refractivity contribution in [2.75, 3.05) is 40.5 Å². The number of hydrogen-bond acceptors (Lipinski definition) is 5. The fraction of sp³-hybridized carbons (Fsp3) is 0.562. The minimum absolute atomic E-state index is 0.177. The van der Waals surface area contributed by atoms with Crippen molar-refractivity contribution >= 4 is 16.1 Å². The number of ether oxygens (including phenoxy) is 2. The van der Waals surface area contributed by atoms with E-state index in [1.807, 2.05) is 6.07 Å². The van der Waals surface area contributed by atoms with Crippen LogP contribution >= 0.6 is 0 Å². The van der Waals surface area contributed by atoms with Gasteiger partial charge in [-0.15, -0.1) is 0 Å². The molecule has 1 aromatic carbocycles. The van der Waals surface area contributed by atoms with Gasteiger partial charge in [-0.05, 0) is 24.1 Å². The fourth-order valence-corrected chi connectivity index (χ4v) is 4.43. The fourth-order valence-electron chi connectivity index (χ4n) is 3.16. The Morgan fingerprint density at radius 1 is 1.32 bits per heavy atom. The predicted octanol–water partition coefficient (Wildman–Crippen LogP) is 0.134. The van der Waals surface area contributed by atoms with Crippen molar-refractivity contribution in [3.05, 3.63) is 29.8 Å². The van der Waals surface area contributed by atoms with Crippen molar-refractivity contribution in [1.82, 2.24) is 13.9 Å². The molecule has 8 nitrogen and oxygen atoms in total. The van der Waals surface area contributed by atoms with Crippen molar-refractivity contribution in [3.63, 3.8) is 0 Å². The van der Waals surface area contributed by atoms with Crippen LogP contribution in [0.5, 0.6) is 5.75 Å². The van der Waals surface area contributed by atoms with Crippen molar-refractivity contribution in [1.29, 1.82) is 0 Å². The highest BCUT2D eigenvalue weighted by atomic mass is 32.2. The molecule has 0 unspecified atom stereocenters. The number of amides is 1. The second kappa shape index (κ2) is 7.28. The molecular formula is C16H23N3O5S. The number of nitrogens with one attached hydrogen (secondary N) is 1. The van der Waals surface area contributed by atoms with Gasteiger partial charge in [0, 0.05) is 20.1 Å². The van der Waals surface area contributed by atoms with Gasteiger partial charge in [0.1, 0.15) is 11.8 Å². The molecule has 0 bridgehead atoms. The number of hydrogen-bond donors (Lipinski definition) is 1. The van der Waals surface area contributed by atoms with Crippen LogP contribution in [0.15, 0.2) is 24.3 Å². The van der Waals surface area contributed by atoms with E-state index in [1.54, 1.807) is 30.2 Å². The summed E-state index contributed by atoms with van der Waals surface area (Å²) < 4.78 is 39.3. The lowest BCUT2D eigenvalue weighted by molar-refractivity contribution is -0.139. The number of nitrogens with zero attached hydrogens (tertiary/aromatic N) is 2. The molecular weight excluding hydrogens is 346 g/mol. The Hall–Kier alpha value is -1.68. The smallest absolute Gasteiger partial charge is 0.280 e. The lowest BCUT2D eigenvalue weighted by Gasteiger charge is -2.39. The third-order valence-corrected chi connectivity index (χ3v) is 6.27. The number of carbonyl (C=O) groups excluding carboxylic acids is 1. The largest absolute Gasteiger partial charge is 0.497 e. The molecule has 1 aromatic rings. The first-order valence-corrected chi connectivity index (χ1v) is 9.62. The molecule has 25 heavy (non-hydrogen) atoms. The Labute approximate surface area is 147 Å². The van der Waals surface area contributed by atoms with Gasteiger partial charge in [-0.2, -0.15) is 17.4 Å². The minimum atomic E-state index is -3.75. The van der Waals surface area contributed by atoms with Crippen LogP contribution in [0.25, 0.3) is 0 Å². The second-order valence-corrected chi connectivity index (χ2v) is 7.92. The highest BCUT2D eigenvalue weighted by molar-refractivity contribution is 7.87. The molecule has 0 aromatic heterocycles. The average molecular weight is 369 g/mol. The van der Waals surface area contributed by atoms with E-state index < -0.39 is 22.3 Å². The topological polar surface area (TPSA) is 88.2 Å². The van der Waals surface area contributed by atoms with Gasteiger partial charge in [0.2, 0.25) is 5.91 Å². The molecule has 2 aliphatic rings. The number of likely N-dealkylation sites (N-methyl/N-ethyl adjacent to an activating group) is 1. The van der Waals surface area contributed by atoms with Crippen LogP contribution in [0.4, 0.5) is 0 Å². The van der Waals surface area contributed by atoms with Gasteiger partial charge in [0.25, 0.3) is 10.2 Å². The summed E-state index contributed by atoms with van der Waals surface area (Å²) in [6.45, 7) is 1.93. The highest BCUT2D eigenvalue weighted by Gasteiger charge is 2.42. The lowest BCUT2D eigenvalue weighted by Crippen LogP contribution is -2.58. The van der Waals surface area contributed by atoms with E-state index in [0.717, 1.165) is 9.87 Å². The van der Waals surface area contributed by atoms with Gasteiger partial charge in [-0.1, -0.05) is 12.1 Å². The van der Waals surface area contributed by atoms with E-state index in [0.29, 0.717) is 38.5 Å². The second-order valence-electron chi connectivity index (χ2n) is 6.16. The number of benzene rings is 1. The van der Waals surface area contributed by atoms with Crippen molar-refractivity contribution < 1.29 is 22.7 Å². The number of morpholine rings is 1. The first kappa shape index (κ1) is 18.1. The summed E-state index contributed by atoms with van der Waals surface area (Å²) in [5, 5.41) is 0. The Morgan fingerprint density at radius 3 is 2.72 bits per heavy atom. The monoisotopic (exact) mass is 369 g/mol. The van der Waals surface area contributed by atoms with E-state index in [4.69, 9.17) is 9.47 Å². The summed E-state index contributed by atoms with van der Waals surface area (Å²) in [4.78, 5) is 14.5. The summed E-state index contributed by atoms with van der Waals surface area (Å²) in [5.41, 5.74) is 0.774. The maximum Gasteiger partial charge on any atom is 0.280 e. The lowest BCUT2D eigenvalue weighted by atomic mass is 9.98. The van der Waals surface area contributed by atoms with Gasteiger partial charge >= 0.3 is 0 Å². The van der Waals surface area contributed by atoms with E-state index in [2.05, 4.69) is 4.72 Å². The van der Waals surface area contributed by atoms with E-state index in [-0.39, 0.29) is 5.91 Å². The summed E-state index contributed by atoms with van der Waals surface area (Å²) in [7, 11) is -0.752. The molecule has 0 radical (unpaired) electrons. The summed E-state index contributed by atoms with van der Waals surface area (Å²) in [6, 6.07) is 6.00. The summed E-state index contributed by atoms with van der Waals surface area (Å²) in [5.74, 6) is 0.468. The Balaban J connectivity index is 1.86. The SMILES string of the molecule is COc1cccc([C@H]2C[C@@H](C(=O)N3CCOCC3)N(C)S(=O)(=O)N2)c1. The zero-order valence-electron chi connectivity index (χ0n) is 14.3. The Bertz CT molecular complexity index is 733.